The highest BCUT2D eigenvalue weighted by molar-refractivity contribution is 5.63. The minimum Gasteiger partial charge on any atom is -0.434 e. The quantitative estimate of drug-likeness (QED) is 0.660. The van der Waals surface area contributed by atoms with Crippen LogP contribution in [0.25, 0.3) is 11.4 Å². The zero-order chi connectivity index (χ0) is 18.8. The Morgan fingerprint density at radius 3 is 2.89 bits per heavy atom. The Labute approximate surface area is 153 Å². The van der Waals surface area contributed by atoms with E-state index in [0.717, 1.165) is 30.6 Å². The second-order valence-corrected chi connectivity index (χ2v) is 6.18. The van der Waals surface area contributed by atoms with Crippen LogP contribution in [0.4, 0.5) is 18.9 Å². The van der Waals surface area contributed by atoms with Crippen molar-refractivity contribution in [2.24, 2.45) is 0 Å². The molecule has 140 valence electrons. The van der Waals surface area contributed by atoms with Gasteiger partial charge < -0.3 is 14.2 Å². The molecule has 0 spiro atoms. The van der Waals surface area contributed by atoms with Gasteiger partial charge >= 0.3 is 6.61 Å². The summed E-state index contributed by atoms with van der Waals surface area (Å²) in [6, 6.07) is 11.0. The highest BCUT2D eigenvalue weighted by atomic mass is 19.3. The van der Waals surface area contributed by atoms with Gasteiger partial charge in [-0.05, 0) is 48.7 Å². The number of halogens is 3. The normalized spacial score (nSPS) is 13.7. The van der Waals surface area contributed by atoms with Crippen LogP contribution in [0.5, 0.6) is 5.75 Å². The number of aryl methyl sites for hydroxylation is 1. The lowest BCUT2D eigenvalue weighted by Crippen LogP contribution is -2.29. The smallest absolute Gasteiger partial charge is 0.387 e. The Kier molecular flexibility index (Phi) is 4.70. The fraction of sp³-hybridized carbons (Fsp3) is 0.263. The van der Waals surface area contributed by atoms with Crippen LogP contribution < -0.4 is 9.64 Å². The number of hydrogen-bond acceptors (Lipinski definition) is 5. The second kappa shape index (κ2) is 7.30. The molecule has 8 heteroatoms. The highest BCUT2D eigenvalue weighted by Crippen LogP contribution is 2.31. The molecule has 3 aromatic rings. The summed E-state index contributed by atoms with van der Waals surface area (Å²) in [4.78, 5) is 6.35. The van der Waals surface area contributed by atoms with Crippen molar-refractivity contribution in [3.8, 4) is 17.1 Å². The monoisotopic (exact) mass is 375 g/mol. The third-order valence-corrected chi connectivity index (χ3v) is 4.39. The van der Waals surface area contributed by atoms with E-state index in [1.807, 2.05) is 4.90 Å². The molecule has 0 N–H and O–H groups in total. The van der Waals surface area contributed by atoms with E-state index in [0.29, 0.717) is 18.0 Å². The largest absolute Gasteiger partial charge is 0.434 e. The van der Waals surface area contributed by atoms with Gasteiger partial charge in [0, 0.05) is 12.2 Å². The van der Waals surface area contributed by atoms with E-state index in [2.05, 4.69) is 14.9 Å². The van der Waals surface area contributed by atoms with Gasteiger partial charge in [0.1, 0.15) is 11.6 Å². The Hall–Kier alpha value is -3.03. The van der Waals surface area contributed by atoms with E-state index in [9.17, 15) is 13.2 Å². The average Bonchev–Trinajstić information content (AvgIpc) is 3.10. The minimum atomic E-state index is -2.94. The predicted molar refractivity (Wildman–Crippen MR) is 92.1 cm³/mol. The number of anilines is 1. The number of benzene rings is 2. The van der Waals surface area contributed by atoms with Gasteiger partial charge in [0.2, 0.25) is 11.7 Å². The molecule has 27 heavy (non-hydrogen) atoms. The molecule has 0 unspecified atom stereocenters. The van der Waals surface area contributed by atoms with Crippen LogP contribution in [-0.4, -0.2) is 23.3 Å². The molecule has 2 aromatic carbocycles. The Morgan fingerprint density at radius 1 is 1.19 bits per heavy atom. The average molecular weight is 375 g/mol. The van der Waals surface area contributed by atoms with Gasteiger partial charge in [-0.2, -0.15) is 13.8 Å². The molecule has 0 aliphatic carbocycles. The molecule has 0 amide bonds. The molecule has 0 radical (unpaired) electrons. The van der Waals surface area contributed by atoms with E-state index < -0.39 is 6.61 Å². The summed E-state index contributed by atoms with van der Waals surface area (Å²) in [6.07, 6.45) is 1.71. The molecule has 0 atom stereocenters. The summed E-state index contributed by atoms with van der Waals surface area (Å²) < 4.78 is 48.4. The van der Waals surface area contributed by atoms with Crippen molar-refractivity contribution in [2.75, 3.05) is 11.4 Å². The van der Waals surface area contributed by atoms with Crippen molar-refractivity contribution in [1.29, 1.82) is 0 Å². The molecular weight excluding hydrogens is 359 g/mol. The highest BCUT2D eigenvalue weighted by Gasteiger charge is 2.21. The summed E-state index contributed by atoms with van der Waals surface area (Å²) in [6.45, 7) is -1.81. The summed E-state index contributed by atoms with van der Waals surface area (Å²) in [5.41, 5.74) is 2.20. The number of nitrogens with zero attached hydrogens (tertiary/aromatic N) is 3. The van der Waals surface area contributed by atoms with Gasteiger partial charge in [0.05, 0.1) is 12.1 Å². The van der Waals surface area contributed by atoms with Crippen LogP contribution >= 0.6 is 0 Å². The minimum absolute atomic E-state index is 0.0151. The molecule has 1 aliphatic rings. The molecule has 0 saturated heterocycles. The lowest BCUT2D eigenvalue weighted by atomic mass is 10.0. The van der Waals surface area contributed by atoms with Crippen molar-refractivity contribution in [3.63, 3.8) is 0 Å². The first kappa shape index (κ1) is 17.4. The number of alkyl halides is 2. The van der Waals surface area contributed by atoms with Gasteiger partial charge in [-0.25, -0.2) is 4.39 Å². The first-order valence-corrected chi connectivity index (χ1v) is 8.50. The fourth-order valence-corrected chi connectivity index (χ4v) is 3.25. The third-order valence-electron chi connectivity index (χ3n) is 4.39. The number of fused-ring (bicyclic) bond motifs is 1. The zero-order valence-electron chi connectivity index (χ0n) is 14.2. The summed E-state index contributed by atoms with van der Waals surface area (Å²) in [5.74, 6) is 0.247. The first-order chi connectivity index (χ1) is 13.1. The van der Waals surface area contributed by atoms with Crippen LogP contribution in [-0.2, 0) is 13.0 Å². The van der Waals surface area contributed by atoms with Crippen LogP contribution in [0.1, 0.15) is 17.9 Å². The van der Waals surface area contributed by atoms with Crippen molar-refractivity contribution in [3.05, 3.63) is 59.7 Å². The van der Waals surface area contributed by atoms with Gasteiger partial charge in [-0.3, -0.25) is 0 Å². The van der Waals surface area contributed by atoms with Crippen LogP contribution in [0, 0.1) is 5.82 Å². The van der Waals surface area contributed by atoms with Crippen LogP contribution in [0.2, 0.25) is 0 Å². The summed E-state index contributed by atoms with van der Waals surface area (Å²) in [5, 5.41) is 3.89. The van der Waals surface area contributed by atoms with Crippen molar-refractivity contribution in [1.82, 2.24) is 10.1 Å². The van der Waals surface area contributed by atoms with Crippen molar-refractivity contribution in [2.45, 2.75) is 26.0 Å². The molecule has 4 rings (SSSR count). The SMILES string of the molecule is Fc1ccc2c(c1)CCCN2Cc1nc(-c2ccccc2OC(F)F)no1. The van der Waals surface area contributed by atoms with Gasteiger partial charge in [0.25, 0.3) is 0 Å². The molecule has 1 aromatic heterocycles. The molecule has 2 heterocycles. The number of ether oxygens (including phenoxy) is 1. The molecule has 0 fully saturated rings. The van der Waals surface area contributed by atoms with Gasteiger partial charge in [0.15, 0.2) is 0 Å². The van der Waals surface area contributed by atoms with Crippen molar-refractivity contribution >= 4 is 5.69 Å². The maximum atomic E-state index is 13.4. The van der Waals surface area contributed by atoms with Gasteiger partial charge in [-0.15, -0.1) is 0 Å². The second-order valence-electron chi connectivity index (χ2n) is 6.18. The molecule has 0 saturated carbocycles. The fourth-order valence-electron chi connectivity index (χ4n) is 3.25. The van der Waals surface area contributed by atoms with Crippen LogP contribution in [0.3, 0.4) is 0 Å². The Bertz CT molecular complexity index is 945. The molecule has 5 nitrogen and oxygen atoms in total. The number of rotatable bonds is 5. The standard InChI is InChI=1S/C19H16F3N3O2/c20-13-7-8-15-12(10-13)4-3-9-25(15)11-17-23-18(24-27-17)14-5-1-2-6-16(14)26-19(21)22/h1-2,5-8,10,19H,3-4,9,11H2. The summed E-state index contributed by atoms with van der Waals surface area (Å²) in [7, 11) is 0. The van der Waals surface area contributed by atoms with E-state index in [1.54, 1.807) is 30.3 Å². The first-order valence-electron chi connectivity index (χ1n) is 8.50. The Morgan fingerprint density at radius 2 is 2.04 bits per heavy atom. The molecule has 0 bridgehead atoms. The topological polar surface area (TPSA) is 51.4 Å². The van der Waals surface area contributed by atoms with E-state index in [1.165, 1.54) is 12.1 Å². The predicted octanol–water partition coefficient (Wildman–Crippen LogP) is 4.43. The molecule has 1 aliphatic heterocycles. The van der Waals surface area contributed by atoms with E-state index in [-0.39, 0.29) is 17.4 Å². The lowest BCUT2D eigenvalue weighted by molar-refractivity contribution is -0.0494. The van der Waals surface area contributed by atoms with E-state index in [4.69, 9.17) is 4.52 Å². The van der Waals surface area contributed by atoms with E-state index >= 15 is 0 Å². The third kappa shape index (κ3) is 3.74. The number of hydrogen-bond donors (Lipinski definition) is 0. The molecular formula is C19H16F3N3O2. The lowest BCUT2D eigenvalue weighted by Gasteiger charge is -2.30. The van der Waals surface area contributed by atoms with Crippen LogP contribution in [0.15, 0.2) is 47.0 Å². The van der Waals surface area contributed by atoms with Gasteiger partial charge in [-0.1, -0.05) is 17.3 Å². The zero-order valence-corrected chi connectivity index (χ0v) is 14.2. The summed E-state index contributed by atoms with van der Waals surface area (Å²) >= 11 is 0. The maximum Gasteiger partial charge on any atom is 0.387 e. The Balaban J connectivity index is 1.57. The number of para-hydroxylation sites is 1. The van der Waals surface area contributed by atoms with Crippen molar-refractivity contribution < 1.29 is 22.4 Å². The maximum absolute atomic E-state index is 13.4. The number of aromatic nitrogens is 2.